The van der Waals surface area contributed by atoms with Crippen LogP contribution in [0.2, 0.25) is 5.02 Å². The predicted molar refractivity (Wildman–Crippen MR) is 126 cm³/mol. The predicted octanol–water partition coefficient (Wildman–Crippen LogP) is 5.49. The number of benzene rings is 1. The van der Waals surface area contributed by atoms with Crippen LogP contribution in [0.3, 0.4) is 0 Å². The first-order chi connectivity index (χ1) is 16.0. The average molecular weight is 468 g/mol. The zero-order valence-electron chi connectivity index (χ0n) is 18.2. The molecule has 0 bridgehead atoms. The largest absolute Gasteiger partial charge is 0.481 e. The van der Waals surface area contributed by atoms with Crippen molar-refractivity contribution in [3.05, 3.63) is 47.0 Å². The third-order valence-corrected chi connectivity index (χ3v) is 6.72. The molecule has 0 amide bonds. The van der Waals surface area contributed by atoms with Gasteiger partial charge in [-0.1, -0.05) is 41.9 Å². The van der Waals surface area contributed by atoms with E-state index in [1.54, 1.807) is 0 Å². The summed E-state index contributed by atoms with van der Waals surface area (Å²) in [5, 5.41) is 9.52. The molecular weight excluding hydrogens is 442 g/mol. The lowest BCUT2D eigenvalue weighted by Crippen LogP contribution is -2.25. The minimum atomic E-state index is -0.731. The number of carboxylic acid groups (broad SMARTS) is 1. The fourth-order valence-electron chi connectivity index (χ4n) is 4.64. The monoisotopic (exact) mass is 467 g/mol. The summed E-state index contributed by atoms with van der Waals surface area (Å²) < 4.78 is 11.4. The third-order valence-electron chi connectivity index (χ3n) is 6.43. The van der Waals surface area contributed by atoms with Crippen molar-refractivity contribution >= 4 is 34.3 Å². The number of carboxylic acids is 1. The number of ether oxygens (including phenoxy) is 2. The molecule has 0 spiro atoms. The van der Waals surface area contributed by atoms with Gasteiger partial charge in [0.05, 0.1) is 29.4 Å². The van der Waals surface area contributed by atoms with Gasteiger partial charge >= 0.3 is 5.97 Å². The summed E-state index contributed by atoms with van der Waals surface area (Å²) in [6.45, 7) is 1.42. The lowest BCUT2D eigenvalue weighted by atomic mass is 9.85. The molecule has 172 valence electrons. The van der Waals surface area contributed by atoms with Gasteiger partial charge in [-0.25, -0.2) is 4.98 Å². The fraction of sp³-hybridized carbons (Fsp3) is 0.400. The molecular formula is C25H26ClN3O4. The Morgan fingerprint density at radius 2 is 1.91 bits per heavy atom. The number of rotatable bonds is 6. The molecule has 1 fully saturated rings. The summed E-state index contributed by atoms with van der Waals surface area (Å²) in [6.07, 6.45) is 6.65. The summed E-state index contributed by atoms with van der Waals surface area (Å²) in [6, 6.07) is 10.5. The number of aromatic amines is 1. The van der Waals surface area contributed by atoms with Crippen molar-refractivity contribution in [3.8, 4) is 17.3 Å². The van der Waals surface area contributed by atoms with Gasteiger partial charge in [0.2, 0.25) is 0 Å². The molecule has 2 aliphatic rings. The average Bonchev–Trinajstić information content (AvgIpc) is 3.21. The lowest BCUT2D eigenvalue weighted by Gasteiger charge is -2.27. The Hall–Kier alpha value is -2.90. The standard InChI is InChI=1S/C25H26ClN3O4/c26-20-14-21-24(29-25(27-21)33-19-7-1-15(2-8-19)13-22(30)31)28-23(20)18-5-3-16(4-6-18)17-9-11-32-12-10-17/h3-6,9,14-15,19H,1-2,7-8,10-13H2,(H,30,31)(H,27,28,29). The smallest absolute Gasteiger partial charge is 0.303 e. The lowest BCUT2D eigenvalue weighted by molar-refractivity contribution is -0.138. The number of hydrogen-bond donors (Lipinski definition) is 2. The van der Waals surface area contributed by atoms with Gasteiger partial charge in [0.15, 0.2) is 5.65 Å². The quantitative estimate of drug-likeness (QED) is 0.497. The number of aliphatic carboxylic acids is 1. The molecule has 3 heterocycles. The first kappa shape index (κ1) is 21.9. The summed E-state index contributed by atoms with van der Waals surface area (Å²) >= 11 is 6.56. The number of nitrogens with one attached hydrogen (secondary N) is 1. The minimum Gasteiger partial charge on any atom is -0.481 e. The van der Waals surface area contributed by atoms with Gasteiger partial charge in [-0.05, 0) is 55.2 Å². The van der Waals surface area contributed by atoms with E-state index in [4.69, 9.17) is 31.2 Å². The van der Waals surface area contributed by atoms with Gasteiger partial charge in [-0.3, -0.25) is 4.79 Å². The Balaban J connectivity index is 1.30. The van der Waals surface area contributed by atoms with E-state index in [2.05, 4.69) is 28.2 Å². The molecule has 0 saturated heterocycles. The summed E-state index contributed by atoms with van der Waals surface area (Å²) in [5.41, 5.74) is 5.38. The van der Waals surface area contributed by atoms with E-state index in [9.17, 15) is 4.79 Å². The van der Waals surface area contributed by atoms with Crippen molar-refractivity contribution in [3.63, 3.8) is 0 Å². The highest BCUT2D eigenvalue weighted by atomic mass is 35.5. The van der Waals surface area contributed by atoms with Crippen LogP contribution < -0.4 is 4.74 Å². The topological polar surface area (TPSA) is 97.3 Å². The van der Waals surface area contributed by atoms with Crippen LogP contribution in [0.25, 0.3) is 28.0 Å². The Bertz CT molecular complexity index is 1180. The molecule has 33 heavy (non-hydrogen) atoms. The molecule has 0 unspecified atom stereocenters. The number of aromatic nitrogens is 3. The van der Waals surface area contributed by atoms with E-state index in [-0.39, 0.29) is 18.4 Å². The van der Waals surface area contributed by atoms with Gasteiger partial charge in [0, 0.05) is 12.0 Å². The number of pyridine rings is 1. The second kappa shape index (κ2) is 9.53. The van der Waals surface area contributed by atoms with Crippen molar-refractivity contribution in [1.29, 1.82) is 0 Å². The van der Waals surface area contributed by atoms with Crippen LogP contribution in [0, 0.1) is 5.92 Å². The Kier molecular flexibility index (Phi) is 6.33. The van der Waals surface area contributed by atoms with Gasteiger partial charge in [-0.2, -0.15) is 4.98 Å². The van der Waals surface area contributed by atoms with Gasteiger partial charge in [0.1, 0.15) is 6.10 Å². The van der Waals surface area contributed by atoms with Gasteiger partial charge < -0.3 is 19.6 Å². The van der Waals surface area contributed by atoms with Crippen molar-refractivity contribution in [1.82, 2.24) is 15.0 Å². The number of H-pyrrole nitrogens is 1. The maximum atomic E-state index is 10.9. The first-order valence-corrected chi connectivity index (χ1v) is 11.8. The van der Waals surface area contributed by atoms with E-state index in [1.165, 1.54) is 11.1 Å². The van der Waals surface area contributed by atoms with E-state index in [0.717, 1.165) is 49.8 Å². The van der Waals surface area contributed by atoms with Crippen LogP contribution in [0.5, 0.6) is 6.01 Å². The van der Waals surface area contributed by atoms with Crippen LogP contribution in [0.15, 0.2) is 36.4 Å². The van der Waals surface area contributed by atoms with E-state index >= 15 is 0 Å². The van der Waals surface area contributed by atoms with Crippen LogP contribution in [-0.2, 0) is 9.53 Å². The molecule has 2 N–H and O–H groups in total. The molecule has 1 aromatic carbocycles. The van der Waals surface area contributed by atoms with Crippen molar-refractivity contribution in [2.45, 2.75) is 44.6 Å². The molecule has 1 saturated carbocycles. The Morgan fingerprint density at radius 1 is 1.15 bits per heavy atom. The van der Waals surface area contributed by atoms with Crippen LogP contribution in [0.4, 0.5) is 0 Å². The van der Waals surface area contributed by atoms with Crippen LogP contribution in [0.1, 0.15) is 44.1 Å². The van der Waals surface area contributed by atoms with E-state index in [1.807, 2.05) is 18.2 Å². The SMILES string of the molecule is O=C(O)CC1CCC(Oc2nc3nc(-c4ccc(C5=CCOCC5)cc4)c(Cl)cc3[nH]2)CC1. The highest BCUT2D eigenvalue weighted by molar-refractivity contribution is 6.33. The minimum absolute atomic E-state index is 0.0255. The normalized spacial score (nSPS) is 21.1. The highest BCUT2D eigenvalue weighted by Crippen LogP contribution is 2.33. The highest BCUT2D eigenvalue weighted by Gasteiger charge is 2.25. The van der Waals surface area contributed by atoms with Crippen molar-refractivity contribution < 1.29 is 19.4 Å². The Morgan fingerprint density at radius 3 is 2.61 bits per heavy atom. The van der Waals surface area contributed by atoms with Crippen molar-refractivity contribution in [2.75, 3.05) is 13.2 Å². The second-order valence-electron chi connectivity index (χ2n) is 8.72. The maximum Gasteiger partial charge on any atom is 0.303 e. The molecule has 1 aliphatic heterocycles. The molecule has 5 rings (SSSR count). The fourth-order valence-corrected chi connectivity index (χ4v) is 4.90. The molecule has 2 aromatic heterocycles. The maximum absolute atomic E-state index is 10.9. The number of nitrogens with zero attached hydrogens (tertiary/aromatic N) is 2. The number of fused-ring (bicyclic) bond motifs is 1. The van der Waals surface area contributed by atoms with Gasteiger partial charge in [0.25, 0.3) is 6.01 Å². The molecule has 0 atom stereocenters. The zero-order valence-corrected chi connectivity index (χ0v) is 19.0. The molecule has 8 heteroatoms. The van der Waals surface area contributed by atoms with Gasteiger partial charge in [-0.15, -0.1) is 0 Å². The number of hydrogen-bond acceptors (Lipinski definition) is 5. The number of halogens is 1. The molecule has 3 aromatic rings. The summed E-state index contributed by atoms with van der Waals surface area (Å²) in [5.74, 6) is -0.499. The van der Waals surface area contributed by atoms with E-state index in [0.29, 0.717) is 29.0 Å². The van der Waals surface area contributed by atoms with Crippen LogP contribution in [-0.4, -0.2) is 45.3 Å². The summed E-state index contributed by atoms with van der Waals surface area (Å²) in [7, 11) is 0. The van der Waals surface area contributed by atoms with E-state index < -0.39 is 5.97 Å². The number of carbonyl (C=O) groups is 1. The first-order valence-electron chi connectivity index (χ1n) is 11.4. The zero-order chi connectivity index (χ0) is 22.8. The molecule has 7 nitrogen and oxygen atoms in total. The summed E-state index contributed by atoms with van der Waals surface area (Å²) in [4.78, 5) is 23.3. The Labute approximate surface area is 196 Å². The molecule has 0 radical (unpaired) electrons. The third kappa shape index (κ3) is 5.04. The van der Waals surface area contributed by atoms with Crippen LogP contribution >= 0.6 is 11.6 Å². The second-order valence-corrected chi connectivity index (χ2v) is 9.13. The van der Waals surface area contributed by atoms with Crippen molar-refractivity contribution in [2.24, 2.45) is 5.92 Å². The molecule has 1 aliphatic carbocycles. The number of imidazole rings is 1.